The zero-order valence-corrected chi connectivity index (χ0v) is 25.5. The predicted molar refractivity (Wildman–Crippen MR) is 170 cm³/mol. The van der Waals surface area contributed by atoms with Gasteiger partial charge in [-0.05, 0) is 82.3 Å². The molecule has 0 saturated carbocycles. The van der Waals surface area contributed by atoms with Crippen molar-refractivity contribution in [1.29, 1.82) is 0 Å². The highest BCUT2D eigenvalue weighted by molar-refractivity contribution is 6.38. The third-order valence-corrected chi connectivity index (χ3v) is 7.53. The summed E-state index contributed by atoms with van der Waals surface area (Å²) in [5.41, 5.74) is 1.06. The molecule has 0 radical (unpaired) electrons. The minimum Gasteiger partial charge on any atom is -0.462 e. The van der Waals surface area contributed by atoms with Crippen LogP contribution in [0.4, 0.5) is 0 Å². The van der Waals surface area contributed by atoms with Gasteiger partial charge in [0, 0.05) is 10.8 Å². The van der Waals surface area contributed by atoms with Gasteiger partial charge in [0.1, 0.15) is 0 Å². The van der Waals surface area contributed by atoms with Gasteiger partial charge in [0.15, 0.2) is 0 Å². The number of ether oxygens (including phenoxy) is 4. The first kappa shape index (κ1) is 30.7. The van der Waals surface area contributed by atoms with Crippen LogP contribution in [0.15, 0.2) is 48.5 Å². The third-order valence-electron chi connectivity index (χ3n) is 7.53. The van der Waals surface area contributed by atoms with Crippen molar-refractivity contribution in [2.75, 3.05) is 26.4 Å². The van der Waals surface area contributed by atoms with Gasteiger partial charge in [-0.2, -0.15) is 0 Å². The zero-order chi connectivity index (χ0) is 31.4. The molecule has 0 aromatic heterocycles. The van der Waals surface area contributed by atoms with Gasteiger partial charge < -0.3 is 18.9 Å². The second-order valence-electron chi connectivity index (χ2n) is 10.7. The fourth-order valence-corrected chi connectivity index (χ4v) is 5.66. The lowest BCUT2D eigenvalue weighted by Gasteiger charge is -2.20. The molecule has 0 aliphatic carbocycles. The number of hydrogen-bond acceptors (Lipinski definition) is 8. The summed E-state index contributed by atoms with van der Waals surface area (Å²) in [6.07, 6.45) is 2.61. The second-order valence-corrected chi connectivity index (χ2v) is 10.7. The number of carbonyl (C=O) groups is 4. The summed E-state index contributed by atoms with van der Waals surface area (Å²) in [6, 6.07) is 13.9. The molecule has 0 aliphatic heterocycles. The van der Waals surface area contributed by atoms with Crippen LogP contribution < -0.4 is 0 Å². The van der Waals surface area contributed by atoms with Crippen molar-refractivity contribution >= 4 is 67.0 Å². The van der Waals surface area contributed by atoms with Gasteiger partial charge in [-0.3, -0.25) is 0 Å². The zero-order valence-electron chi connectivity index (χ0n) is 25.5. The molecule has 0 bridgehead atoms. The number of fused-ring (bicyclic) bond motifs is 2. The Hall–Kier alpha value is -4.72. The molecule has 5 aromatic carbocycles. The van der Waals surface area contributed by atoms with E-state index in [-0.39, 0.29) is 48.7 Å². The topological polar surface area (TPSA) is 105 Å². The van der Waals surface area contributed by atoms with Crippen molar-refractivity contribution < 1.29 is 38.1 Å². The summed E-state index contributed by atoms with van der Waals surface area (Å²) < 4.78 is 22.1. The average molecular weight is 597 g/mol. The maximum atomic E-state index is 13.3. The Morgan fingerprint density at radius 2 is 0.614 bits per heavy atom. The molecule has 5 aromatic rings. The van der Waals surface area contributed by atoms with E-state index < -0.39 is 23.9 Å². The first-order valence-electron chi connectivity index (χ1n) is 15.3. The molecule has 0 heterocycles. The van der Waals surface area contributed by atoms with Crippen molar-refractivity contribution in [3.63, 3.8) is 0 Å². The summed E-state index contributed by atoms with van der Waals surface area (Å²) in [4.78, 5) is 53.2. The minimum absolute atomic E-state index is 0.243. The predicted octanol–water partition coefficient (Wildman–Crippen LogP) is 8.00. The number of hydrogen-bond donors (Lipinski definition) is 0. The molecule has 8 heteroatoms. The Bertz CT molecular complexity index is 1620. The smallest absolute Gasteiger partial charge is 0.338 e. The maximum absolute atomic E-state index is 13.3. The van der Waals surface area contributed by atoms with Crippen LogP contribution in [-0.2, 0) is 18.9 Å². The number of esters is 4. The second kappa shape index (κ2) is 13.3. The molecule has 0 saturated heterocycles. The summed E-state index contributed by atoms with van der Waals surface area (Å²) >= 11 is 0. The molecule has 0 aliphatic rings. The molecule has 44 heavy (non-hydrogen) atoms. The molecule has 8 nitrogen and oxygen atoms in total. The number of benzene rings is 5. The van der Waals surface area contributed by atoms with Crippen LogP contribution in [0.2, 0.25) is 0 Å². The largest absolute Gasteiger partial charge is 0.462 e. The lowest BCUT2D eigenvalue weighted by molar-refractivity contribution is 0.0490. The Balaban J connectivity index is 1.91. The molecule has 0 amide bonds. The molecule has 0 fully saturated rings. The van der Waals surface area contributed by atoms with Crippen molar-refractivity contribution in [3.05, 3.63) is 70.8 Å². The lowest BCUT2D eigenvalue weighted by Crippen LogP contribution is -2.13. The highest BCUT2D eigenvalue weighted by Crippen LogP contribution is 2.44. The van der Waals surface area contributed by atoms with E-state index in [4.69, 9.17) is 18.9 Å². The first-order valence-corrected chi connectivity index (χ1v) is 15.3. The van der Waals surface area contributed by atoms with Gasteiger partial charge >= 0.3 is 23.9 Å². The molecule has 5 rings (SSSR count). The maximum Gasteiger partial charge on any atom is 0.338 e. The van der Waals surface area contributed by atoms with E-state index in [0.717, 1.165) is 21.5 Å². The Morgan fingerprint density at radius 3 is 0.818 bits per heavy atom. The van der Waals surface area contributed by atoms with Crippen LogP contribution in [0.5, 0.6) is 0 Å². The van der Waals surface area contributed by atoms with Crippen LogP contribution >= 0.6 is 0 Å². The summed E-state index contributed by atoms with van der Waals surface area (Å²) in [5, 5.41) is 5.26. The Labute approximate surface area is 255 Å². The Morgan fingerprint density at radius 1 is 0.386 bits per heavy atom. The fourth-order valence-electron chi connectivity index (χ4n) is 5.66. The van der Waals surface area contributed by atoms with Gasteiger partial charge in [0.25, 0.3) is 0 Å². The van der Waals surface area contributed by atoms with E-state index in [9.17, 15) is 19.2 Å². The van der Waals surface area contributed by atoms with Gasteiger partial charge in [-0.15, -0.1) is 0 Å². The van der Waals surface area contributed by atoms with Crippen LogP contribution in [0, 0.1) is 0 Å². The highest BCUT2D eigenvalue weighted by Gasteiger charge is 2.27. The molecular formula is C36H36O8. The van der Waals surface area contributed by atoms with Gasteiger partial charge in [0.2, 0.25) is 0 Å². The molecule has 0 spiro atoms. The van der Waals surface area contributed by atoms with Crippen LogP contribution in [0.3, 0.4) is 0 Å². The summed E-state index contributed by atoms with van der Waals surface area (Å²) in [6.45, 7) is 8.62. The standard InChI is InChI=1S/C36H36O8/c1-5-17-41-33(37)25-13-9-21-23-11-15-27(35(39)43-19-7-3)32-28(36(40)44-20-8-4)16-12-24(30(23)32)22-10-14-26(31(25)29(21)22)34(38)42-18-6-2/h9-16H,5-8,17-20H2,1-4H3. The minimum atomic E-state index is -0.529. The SMILES string of the molecule is CCCOC(=O)c1ccc2c3ccc(C(=O)OCCC)c4c(C(=O)OCCC)ccc(c5ccc(C(=O)OCCC)c1c25)c43. The third kappa shape index (κ3) is 5.41. The van der Waals surface area contributed by atoms with E-state index in [0.29, 0.717) is 47.2 Å². The highest BCUT2D eigenvalue weighted by atomic mass is 16.5. The van der Waals surface area contributed by atoms with Crippen molar-refractivity contribution in [3.8, 4) is 0 Å². The van der Waals surface area contributed by atoms with E-state index >= 15 is 0 Å². The van der Waals surface area contributed by atoms with Crippen LogP contribution in [-0.4, -0.2) is 50.3 Å². The molecule has 0 N–H and O–H groups in total. The summed E-state index contributed by atoms with van der Waals surface area (Å²) in [5.74, 6) is -2.11. The van der Waals surface area contributed by atoms with Crippen molar-refractivity contribution in [1.82, 2.24) is 0 Å². The molecule has 0 atom stereocenters. The van der Waals surface area contributed by atoms with Crippen molar-refractivity contribution in [2.45, 2.75) is 53.4 Å². The van der Waals surface area contributed by atoms with Crippen molar-refractivity contribution in [2.24, 2.45) is 0 Å². The number of carbonyl (C=O) groups excluding carboxylic acids is 4. The Kier molecular flexibility index (Phi) is 9.28. The fraction of sp³-hybridized carbons (Fsp3) is 0.333. The molecule has 228 valence electrons. The van der Waals surface area contributed by atoms with E-state index in [2.05, 4.69) is 0 Å². The normalized spacial score (nSPS) is 11.4. The van der Waals surface area contributed by atoms with E-state index in [1.165, 1.54) is 0 Å². The van der Waals surface area contributed by atoms with E-state index in [1.807, 2.05) is 52.0 Å². The van der Waals surface area contributed by atoms with Gasteiger partial charge in [-0.25, -0.2) is 19.2 Å². The van der Waals surface area contributed by atoms with Gasteiger partial charge in [-0.1, -0.05) is 52.0 Å². The average Bonchev–Trinajstić information content (AvgIpc) is 3.05. The summed E-state index contributed by atoms with van der Waals surface area (Å²) in [7, 11) is 0. The number of rotatable bonds is 12. The van der Waals surface area contributed by atoms with E-state index in [1.54, 1.807) is 24.3 Å². The quantitative estimate of drug-likeness (QED) is 0.0617. The van der Waals surface area contributed by atoms with Gasteiger partial charge in [0.05, 0.1) is 48.7 Å². The monoisotopic (exact) mass is 596 g/mol. The van der Waals surface area contributed by atoms with Crippen LogP contribution in [0.1, 0.15) is 94.8 Å². The lowest BCUT2D eigenvalue weighted by atomic mass is 9.84. The van der Waals surface area contributed by atoms with Crippen LogP contribution in [0.25, 0.3) is 43.1 Å². The molecule has 0 unspecified atom stereocenters. The molecular weight excluding hydrogens is 560 g/mol. The first-order chi connectivity index (χ1) is 21.4.